The molecular formula is C10H21NO2. The highest BCUT2D eigenvalue weighted by atomic mass is 16.5. The van der Waals surface area contributed by atoms with Gasteiger partial charge in [-0.1, -0.05) is 0 Å². The first-order chi connectivity index (χ1) is 6.33. The van der Waals surface area contributed by atoms with Crippen LogP contribution in [0.2, 0.25) is 0 Å². The SMILES string of the molecule is COCCCC(N)CC1CCCO1. The van der Waals surface area contributed by atoms with Crippen LogP contribution >= 0.6 is 0 Å². The molecule has 1 rings (SSSR count). The Morgan fingerprint density at radius 1 is 1.62 bits per heavy atom. The minimum absolute atomic E-state index is 0.290. The first-order valence-corrected chi connectivity index (χ1v) is 5.19. The maximum atomic E-state index is 5.96. The van der Waals surface area contributed by atoms with Crippen molar-refractivity contribution in [1.82, 2.24) is 0 Å². The zero-order chi connectivity index (χ0) is 9.52. The summed E-state index contributed by atoms with van der Waals surface area (Å²) in [7, 11) is 1.73. The zero-order valence-corrected chi connectivity index (χ0v) is 8.50. The van der Waals surface area contributed by atoms with E-state index in [4.69, 9.17) is 15.2 Å². The number of nitrogens with two attached hydrogens (primary N) is 1. The van der Waals surface area contributed by atoms with Gasteiger partial charge in [-0.3, -0.25) is 0 Å². The third-order valence-corrected chi connectivity index (χ3v) is 2.51. The lowest BCUT2D eigenvalue weighted by molar-refractivity contribution is 0.0961. The lowest BCUT2D eigenvalue weighted by atomic mass is 10.0. The van der Waals surface area contributed by atoms with Gasteiger partial charge >= 0.3 is 0 Å². The Morgan fingerprint density at radius 2 is 2.46 bits per heavy atom. The lowest BCUT2D eigenvalue weighted by Gasteiger charge is -2.15. The zero-order valence-electron chi connectivity index (χ0n) is 8.50. The van der Waals surface area contributed by atoms with Gasteiger partial charge in [-0.2, -0.15) is 0 Å². The third kappa shape index (κ3) is 4.60. The summed E-state index contributed by atoms with van der Waals surface area (Å²) in [6.07, 6.45) is 5.95. The van der Waals surface area contributed by atoms with Gasteiger partial charge in [0.2, 0.25) is 0 Å². The highest BCUT2D eigenvalue weighted by molar-refractivity contribution is 4.72. The molecule has 78 valence electrons. The van der Waals surface area contributed by atoms with Crippen molar-refractivity contribution < 1.29 is 9.47 Å². The molecule has 13 heavy (non-hydrogen) atoms. The molecule has 2 N–H and O–H groups in total. The molecule has 2 atom stereocenters. The van der Waals surface area contributed by atoms with Crippen LogP contribution in [0.3, 0.4) is 0 Å². The Morgan fingerprint density at radius 3 is 3.08 bits per heavy atom. The molecule has 0 amide bonds. The third-order valence-electron chi connectivity index (χ3n) is 2.51. The van der Waals surface area contributed by atoms with E-state index in [1.165, 1.54) is 12.8 Å². The monoisotopic (exact) mass is 187 g/mol. The van der Waals surface area contributed by atoms with Crippen LogP contribution in [0.15, 0.2) is 0 Å². The molecule has 1 aliphatic heterocycles. The predicted octanol–water partition coefficient (Wildman–Crippen LogP) is 1.31. The molecule has 0 bridgehead atoms. The average molecular weight is 187 g/mol. The second kappa shape index (κ2) is 6.35. The van der Waals surface area contributed by atoms with E-state index >= 15 is 0 Å². The molecular weight excluding hydrogens is 166 g/mol. The summed E-state index contributed by atoms with van der Waals surface area (Å²) >= 11 is 0. The van der Waals surface area contributed by atoms with E-state index in [-0.39, 0.29) is 0 Å². The Balaban J connectivity index is 1.99. The van der Waals surface area contributed by atoms with Crippen LogP contribution < -0.4 is 5.73 Å². The van der Waals surface area contributed by atoms with Crippen molar-refractivity contribution in [2.24, 2.45) is 5.73 Å². The minimum atomic E-state index is 0.290. The fourth-order valence-electron chi connectivity index (χ4n) is 1.78. The molecule has 3 heteroatoms. The summed E-state index contributed by atoms with van der Waals surface area (Å²) in [5.74, 6) is 0. The summed E-state index contributed by atoms with van der Waals surface area (Å²) in [4.78, 5) is 0. The van der Waals surface area contributed by atoms with Crippen molar-refractivity contribution in [3.8, 4) is 0 Å². The second-order valence-electron chi connectivity index (χ2n) is 3.77. The first kappa shape index (κ1) is 11.0. The topological polar surface area (TPSA) is 44.5 Å². The first-order valence-electron chi connectivity index (χ1n) is 5.19. The summed E-state index contributed by atoms with van der Waals surface area (Å²) in [5, 5.41) is 0. The summed E-state index contributed by atoms with van der Waals surface area (Å²) in [6, 6.07) is 0.290. The number of rotatable bonds is 6. The van der Waals surface area contributed by atoms with E-state index < -0.39 is 0 Å². The van der Waals surface area contributed by atoms with Gasteiger partial charge in [0.25, 0.3) is 0 Å². The van der Waals surface area contributed by atoms with Gasteiger partial charge in [-0.25, -0.2) is 0 Å². The van der Waals surface area contributed by atoms with Gasteiger partial charge in [0, 0.05) is 26.4 Å². The van der Waals surface area contributed by atoms with Crippen molar-refractivity contribution in [3.05, 3.63) is 0 Å². The molecule has 0 saturated carbocycles. The smallest absolute Gasteiger partial charge is 0.0590 e. The summed E-state index contributed by atoms with van der Waals surface area (Å²) < 4.78 is 10.5. The Kier molecular flexibility index (Phi) is 5.35. The highest BCUT2D eigenvalue weighted by Crippen LogP contribution is 2.17. The van der Waals surface area contributed by atoms with Crippen molar-refractivity contribution in [1.29, 1.82) is 0 Å². The van der Waals surface area contributed by atoms with Gasteiger partial charge in [0.1, 0.15) is 0 Å². The van der Waals surface area contributed by atoms with Crippen LogP contribution in [0.1, 0.15) is 32.1 Å². The lowest BCUT2D eigenvalue weighted by Crippen LogP contribution is -2.26. The van der Waals surface area contributed by atoms with E-state index in [2.05, 4.69) is 0 Å². The van der Waals surface area contributed by atoms with Gasteiger partial charge in [0.05, 0.1) is 6.10 Å². The number of hydrogen-bond donors (Lipinski definition) is 1. The average Bonchev–Trinajstić information content (AvgIpc) is 2.57. The molecule has 0 spiro atoms. The van der Waals surface area contributed by atoms with Crippen molar-refractivity contribution in [3.63, 3.8) is 0 Å². The molecule has 0 radical (unpaired) electrons. The summed E-state index contributed by atoms with van der Waals surface area (Å²) in [5.41, 5.74) is 5.96. The fourth-order valence-corrected chi connectivity index (χ4v) is 1.78. The van der Waals surface area contributed by atoms with E-state index in [1.54, 1.807) is 7.11 Å². The molecule has 1 heterocycles. The standard InChI is InChI=1S/C10H21NO2/c1-12-6-2-4-9(11)8-10-5-3-7-13-10/h9-10H,2-8,11H2,1H3. The number of ether oxygens (including phenoxy) is 2. The summed E-state index contributed by atoms with van der Waals surface area (Å²) in [6.45, 7) is 1.74. The van der Waals surface area contributed by atoms with Crippen LogP contribution in [-0.4, -0.2) is 32.5 Å². The van der Waals surface area contributed by atoms with Crippen LogP contribution in [0.4, 0.5) is 0 Å². The van der Waals surface area contributed by atoms with Crippen molar-refractivity contribution in [2.45, 2.75) is 44.2 Å². The van der Waals surface area contributed by atoms with Gasteiger partial charge in [0.15, 0.2) is 0 Å². The predicted molar refractivity (Wildman–Crippen MR) is 52.7 cm³/mol. The van der Waals surface area contributed by atoms with Gasteiger partial charge < -0.3 is 15.2 Å². The Hall–Kier alpha value is -0.120. The molecule has 0 aromatic heterocycles. The normalized spacial score (nSPS) is 24.9. The maximum Gasteiger partial charge on any atom is 0.0590 e. The highest BCUT2D eigenvalue weighted by Gasteiger charge is 2.18. The van der Waals surface area contributed by atoms with Crippen molar-refractivity contribution >= 4 is 0 Å². The molecule has 0 aromatic carbocycles. The molecule has 1 saturated heterocycles. The van der Waals surface area contributed by atoms with E-state index in [0.717, 1.165) is 32.5 Å². The number of methoxy groups -OCH3 is 1. The van der Waals surface area contributed by atoms with E-state index in [1.807, 2.05) is 0 Å². The number of hydrogen-bond acceptors (Lipinski definition) is 3. The molecule has 1 fully saturated rings. The molecule has 0 aromatic rings. The van der Waals surface area contributed by atoms with Crippen LogP contribution in [0, 0.1) is 0 Å². The largest absolute Gasteiger partial charge is 0.385 e. The van der Waals surface area contributed by atoms with Crippen molar-refractivity contribution in [2.75, 3.05) is 20.3 Å². The molecule has 3 nitrogen and oxygen atoms in total. The Labute approximate surface area is 80.6 Å². The molecule has 0 aliphatic carbocycles. The molecule has 1 aliphatic rings. The quantitative estimate of drug-likeness (QED) is 0.638. The maximum absolute atomic E-state index is 5.96. The second-order valence-corrected chi connectivity index (χ2v) is 3.77. The van der Waals surface area contributed by atoms with E-state index in [9.17, 15) is 0 Å². The van der Waals surface area contributed by atoms with Gasteiger partial charge in [-0.15, -0.1) is 0 Å². The van der Waals surface area contributed by atoms with Crippen LogP contribution in [-0.2, 0) is 9.47 Å². The fraction of sp³-hybridized carbons (Fsp3) is 1.00. The van der Waals surface area contributed by atoms with Crippen LogP contribution in [0.25, 0.3) is 0 Å². The van der Waals surface area contributed by atoms with E-state index in [0.29, 0.717) is 12.1 Å². The van der Waals surface area contributed by atoms with Crippen LogP contribution in [0.5, 0.6) is 0 Å². The van der Waals surface area contributed by atoms with Gasteiger partial charge in [-0.05, 0) is 32.1 Å². The minimum Gasteiger partial charge on any atom is -0.385 e. The molecule has 2 unspecified atom stereocenters. The Bertz CT molecular complexity index is 124.